The number of thiazole rings is 1. The highest BCUT2D eigenvalue weighted by molar-refractivity contribution is 7.16. The molecule has 0 aliphatic heterocycles. The van der Waals surface area contributed by atoms with Gasteiger partial charge in [-0.3, -0.25) is 0 Å². The van der Waals surface area contributed by atoms with Crippen LogP contribution in [-0.2, 0) is 6.42 Å². The molecule has 2 rings (SSSR count). The van der Waals surface area contributed by atoms with Gasteiger partial charge in [0.05, 0.1) is 5.01 Å². The van der Waals surface area contributed by atoms with Gasteiger partial charge in [0.1, 0.15) is 10.7 Å². The van der Waals surface area contributed by atoms with E-state index in [-0.39, 0.29) is 5.56 Å². The first-order chi connectivity index (χ1) is 8.13. The zero-order valence-corrected chi connectivity index (χ0v) is 10.2. The van der Waals surface area contributed by atoms with Crippen LogP contribution in [0.2, 0.25) is 0 Å². The quantitative estimate of drug-likeness (QED) is 0.908. The molecule has 0 spiro atoms. The normalized spacial score (nSPS) is 10.8. The van der Waals surface area contributed by atoms with E-state index in [9.17, 15) is 8.78 Å². The number of halogens is 2. The monoisotopic (exact) mass is 254 g/mol. The maximum atomic E-state index is 13.6. The lowest BCUT2D eigenvalue weighted by Gasteiger charge is -2.01. The third kappa shape index (κ3) is 2.29. The largest absolute Gasteiger partial charge is 0.389 e. The van der Waals surface area contributed by atoms with Gasteiger partial charge in [-0.25, -0.2) is 13.8 Å². The lowest BCUT2D eigenvalue weighted by molar-refractivity contribution is 0.511. The second kappa shape index (κ2) is 4.79. The molecule has 0 radical (unpaired) electrons. The Hall–Kier alpha value is -1.49. The molecule has 0 bridgehead atoms. The van der Waals surface area contributed by atoms with Gasteiger partial charge >= 0.3 is 0 Å². The summed E-state index contributed by atoms with van der Waals surface area (Å²) < 4.78 is 26.7. The highest BCUT2D eigenvalue weighted by Gasteiger charge is 2.16. The highest BCUT2D eigenvalue weighted by Crippen LogP contribution is 2.33. The molecular weight excluding hydrogens is 242 g/mol. The molecular formula is C12H12F2N2S. The fourth-order valence-corrected chi connectivity index (χ4v) is 2.53. The van der Waals surface area contributed by atoms with Crippen molar-refractivity contribution in [3.63, 3.8) is 0 Å². The first kappa shape index (κ1) is 12.0. The van der Waals surface area contributed by atoms with Crippen LogP contribution in [0.15, 0.2) is 18.2 Å². The summed E-state index contributed by atoms with van der Waals surface area (Å²) in [7, 11) is 0. The van der Waals surface area contributed by atoms with Gasteiger partial charge in [0.25, 0.3) is 0 Å². The number of hydrogen-bond acceptors (Lipinski definition) is 3. The Morgan fingerprint density at radius 1 is 1.35 bits per heavy atom. The van der Waals surface area contributed by atoms with E-state index >= 15 is 0 Å². The number of anilines is 1. The van der Waals surface area contributed by atoms with Gasteiger partial charge in [0.2, 0.25) is 0 Å². The lowest BCUT2D eigenvalue weighted by Crippen LogP contribution is -1.92. The SMILES string of the molecule is CCCc1nc(-c2cccc(F)c2F)c(N)s1. The smallest absolute Gasteiger partial charge is 0.168 e. The minimum atomic E-state index is -0.896. The van der Waals surface area contributed by atoms with Crippen molar-refractivity contribution < 1.29 is 8.78 Å². The predicted molar refractivity (Wildman–Crippen MR) is 65.9 cm³/mol. The number of aryl methyl sites for hydroxylation is 1. The molecule has 0 fully saturated rings. The zero-order valence-electron chi connectivity index (χ0n) is 9.34. The molecule has 0 amide bonds. The van der Waals surface area contributed by atoms with Crippen LogP contribution in [0.4, 0.5) is 13.8 Å². The zero-order chi connectivity index (χ0) is 12.4. The third-order valence-corrected chi connectivity index (χ3v) is 3.31. The molecule has 0 atom stereocenters. The second-order valence-corrected chi connectivity index (χ2v) is 4.79. The Balaban J connectivity index is 2.49. The Labute approximate surface area is 102 Å². The predicted octanol–water partition coefficient (Wildman–Crippen LogP) is 3.62. The van der Waals surface area contributed by atoms with E-state index < -0.39 is 11.6 Å². The van der Waals surface area contributed by atoms with Gasteiger partial charge < -0.3 is 5.73 Å². The van der Waals surface area contributed by atoms with Crippen LogP contribution in [0.1, 0.15) is 18.4 Å². The lowest BCUT2D eigenvalue weighted by atomic mass is 10.1. The molecule has 2 N–H and O–H groups in total. The van der Waals surface area contributed by atoms with Crippen molar-refractivity contribution >= 4 is 16.3 Å². The van der Waals surface area contributed by atoms with Crippen molar-refractivity contribution in [3.8, 4) is 11.3 Å². The summed E-state index contributed by atoms with van der Waals surface area (Å²) in [5.74, 6) is -1.78. The van der Waals surface area contributed by atoms with Crippen molar-refractivity contribution in [1.82, 2.24) is 4.98 Å². The molecule has 0 aliphatic carbocycles. The van der Waals surface area contributed by atoms with Gasteiger partial charge in [-0.1, -0.05) is 13.0 Å². The van der Waals surface area contributed by atoms with Crippen molar-refractivity contribution in [2.75, 3.05) is 5.73 Å². The summed E-state index contributed by atoms with van der Waals surface area (Å²) in [5, 5.41) is 1.28. The Bertz CT molecular complexity index is 537. The first-order valence-corrected chi connectivity index (χ1v) is 6.14. The van der Waals surface area contributed by atoms with Crippen molar-refractivity contribution in [3.05, 3.63) is 34.8 Å². The van der Waals surface area contributed by atoms with E-state index in [1.54, 1.807) is 0 Å². The average Bonchev–Trinajstić information content (AvgIpc) is 2.64. The number of nitrogen functional groups attached to an aromatic ring is 1. The molecule has 0 saturated carbocycles. The fraction of sp³-hybridized carbons (Fsp3) is 0.250. The molecule has 0 aliphatic rings. The van der Waals surface area contributed by atoms with Crippen LogP contribution in [0.5, 0.6) is 0 Å². The van der Waals surface area contributed by atoms with Gasteiger partial charge in [-0.05, 0) is 25.0 Å². The van der Waals surface area contributed by atoms with Crippen molar-refractivity contribution in [2.45, 2.75) is 19.8 Å². The molecule has 2 nitrogen and oxygen atoms in total. The molecule has 17 heavy (non-hydrogen) atoms. The van der Waals surface area contributed by atoms with E-state index in [2.05, 4.69) is 4.98 Å². The van der Waals surface area contributed by atoms with Crippen LogP contribution in [-0.4, -0.2) is 4.98 Å². The van der Waals surface area contributed by atoms with Crippen LogP contribution < -0.4 is 5.73 Å². The van der Waals surface area contributed by atoms with Gasteiger partial charge in [-0.15, -0.1) is 11.3 Å². The number of benzene rings is 1. The topological polar surface area (TPSA) is 38.9 Å². The molecule has 1 heterocycles. The van der Waals surface area contributed by atoms with Crippen LogP contribution in [0, 0.1) is 11.6 Å². The van der Waals surface area contributed by atoms with Gasteiger partial charge in [0.15, 0.2) is 11.6 Å². The van der Waals surface area contributed by atoms with Crippen LogP contribution in [0.25, 0.3) is 11.3 Å². The molecule has 1 aromatic heterocycles. The maximum absolute atomic E-state index is 13.6. The Morgan fingerprint density at radius 2 is 2.12 bits per heavy atom. The molecule has 90 valence electrons. The summed E-state index contributed by atoms with van der Waals surface area (Å²) in [5.41, 5.74) is 6.26. The number of hydrogen-bond donors (Lipinski definition) is 1. The molecule has 1 aromatic carbocycles. The van der Waals surface area contributed by atoms with E-state index in [1.807, 2.05) is 6.92 Å². The molecule has 0 unspecified atom stereocenters. The first-order valence-electron chi connectivity index (χ1n) is 5.33. The highest BCUT2D eigenvalue weighted by atomic mass is 32.1. The number of rotatable bonds is 3. The average molecular weight is 254 g/mol. The van der Waals surface area contributed by atoms with Crippen LogP contribution >= 0.6 is 11.3 Å². The number of nitrogens with two attached hydrogens (primary N) is 1. The van der Waals surface area contributed by atoms with E-state index in [4.69, 9.17) is 5.73 Å². The molecule has 0 saturated heterocycles. The fourth-order valence-electron chi connectivity index (χ4n) is 1.58. The minimum absolute atomic E-state index is 0.126. The molecule has 5 heteroatoms. The summed E-state index contributed by atoms with van der Waals surface area (Å²) in [6.45, 7) is 2.03. The standard InChI is InChI=1S/C12H12F2N2S/c1-2-4-9-16-11(12(15)17-9)7-5-3-6-8(13)10(7)14/h3,5-6H,2,4,15H2,1H3. The van der Waals surface area contributed by atoms with E-state index in [0.717, 1.165) is 23.9 Å². The molecule has 2 aromatic rings. The van der Waals surface area contributed by atoms with Gasteiger partial charge in [0, 0.05) is 5.56 Å². The summed E-state index contributed by atoms with van der Waals surface area (Å²) >= 11 is 1.33. The van der Waals surface area contributed by atoms with Crippen molar-refractivity contribution in [1.29, 1.82) is 0 Å². The number of aromatic nitrogens is 1. The second-order valence-electron chi connectivity index (χ2n) is 3.67. The summed E-state index contributed by atoms with van der Waals surface area (Å²) in [6, 6.07) is 4.01. The summed E-state index contributed by atoms with van der Waals surface area (Å²) in [6.07, 6.45) is 1.74. The Kier molecular flexibility index (Phi) is 3.38. The Morgan fingerprint density at radius 3 is 2.82 bits per heavy atom. The number of nitrogens with zero attached hydrogens (tertiary/aromatic N) is 1. The third-order valence-electron chi connectivity index (χ3n) is 2.37. The van der Waals surface area contributed by atoms with Crippen LogP contribution in [0.3, 0.4) is 0 Å². The van der Waals surface area contributed by atoms with E-state index in [0.29, 0.717) is 10.7 Å². The van der Waals surface area contributed by atoms with E-state index in [1.165, 1.54) is 23.5 Å². The minimum Gasteiger partial charge on any atom is -0.389 e. The summed E-state index contributed by atoms with van der Waals surface area (Å²) in [4.78, 5) is 4.26. The van der Waals surface area contributed by atoms with Gasteiger partial charge in [-0.2, -0.15) is 0 Å². The van der Waals surface area contributed by atoms with Crippen molar-refractivity contribution in [2.24, 2.45) is 0 Å². The maximum Gasteiger partial charge on any atom is 0.168 e.